The zero-order valence-electron chi connectivity index (χ0n) is 6.32. The van der Waals surface area contributed by atoms with Crippen LogP contribution in [0.2, 0.25) is 0 Å². The van der Waals surface area contributed by atoms with Gasteiger partial charge in [-0.3, -0.25) is 0 Å². The van der Waals surface area contributed by atoms with Crippen LogP contribution in [0, 0.1) is 3.57 Å². The van der Waals surface area contributed by atoms with Gasteiger partial charge < -0.3 is 0 Å². The van der Waals surface area contributed by atoms with Gasteiger partial charge in [-0.2, -0.15) is 0 Å². The average molecular weight is 287 g/mol. The Kier molecular flexibility index (Phi) is 2.98. The molecule has 0 bridgehead atoms. The van der Waals surface area contributed by atoms with E-state index in [-0.39, 0.29) is 21.2 Å². The van der Waals surface area contributed by atoms with E-state index in [0.717, 1.165) is 9.64 Å². The minimum absolute atomic E-state index is 0.256. The normalized spacial score (nSPS) is 12.0. The van der Waals surface area contributed by atoms with Gasteiger partial charge in [0.05, 0.1) is 0 Å². The van der Waals surface area contributed by atoms with Crippen molar-refractivity contribution < 1.29 is 34.4 Å². The Labute approximate surface area is 79.0 Å². The maximum atomic E-state index is 12.1. The van der Waals surface area contributed by atoms with Crippen LogP contribution in [0.5, 0.6) is 0 Å². The standard InChI is InChI=1S/C8H7F3I/c1-12-7-4-2-3-6(5-7)8(9,10)11/h2-5H,1H3/q-1. The summed E-state index contributed by atoms with van der Waals surface area (Å²) in [6.07, 6.45) is -4.20. The van der Waals surface area contributed by atoms with Crippen LogP contribution in [0.4, 0.5) is 13.2 Å². The summed E-state index contributed by atoms with van der Waals surface area (Å²) >= 11 is -0.256. The summed E-state index contributed by atoms with van der Waals surface area (Å²) in [7, 11) is 0. The number of hydrogen-bond acceptors (Lipinski definition) is 0. The zero-order valence-corrected chi connectivity index (χ0v) is 8.48. The summed E-state index contributed by atoms with van der Waals surface area (Å²) in [5.41, 5.74) is -0.540. The Balaban J connectivity index is 3.02. The van der Waals surface area contributed by atoms with Crippen molar-refractivity contribution in [1.29, 1.82) is 0 Å². The summed E-state index contributed by atoms with van der Waals surface area (Å²) in [4.78, 5) is 1.94. The molecule has 0 radical (unpaired) electrons. The van der Waals surface area contributed by atoms with Crippen LogP contribution in [0.1, 0.15) is 5.56 Å². The third-order valence-electron chi connectivity index (χ3n) is 1.37. The average Bonchev–Trinajstić information content (AvgIpc) is 2.03. The monoisotopic (exact) mass is 287 g/mol. The summed E-state index contributed by atoms with van der Waals surface area (Å²) in [5.74, 6) is 0. The van der Waals surface area contributed by atoms with Crippen molar-refractivity contribution in [3.05, 3.63) is 33.4 Å². The first-order valence-electron chi connectivity index (χ1n) is 3.21. The molecule has 0 aromatic heterocycles. The van der Waals surface area contributed by atoms with Gasteiger partial charge in [-0.15, -0.1) is 0 Å². The number of hydrogen-bond donors (Lipinski definition) is 0. The fourth-order valence-corrected chi connectivity index (χ4v) is 2.00. The Hall–Kier alpha value is -0.260. The molecule has 0 spiro atoms. The van der Waals surface area contributed by atoms with Crippen molar-refractivity contribution in [2.75, 3.05) is 4.93 Å². The summed E-state index contributed by atoms with van der Waals surface area (Å²) in [6, 6.07) is 5.53. The van der Waals surface area contributed by atoms with Crippen molar-refractivity contribution in [1.82, 2.24) is 0 Å². The molecule has 1 rings (SSSR count). The van der Waals surface area contributed by atoms with Gasteiger partial charge in [0.1, 0.15) is 0 Å². The quantitative estimate of drug-likeness (QED) is 0.487. The van der Waals surface area contributed by atoms with E-state index >= 15 is 0 Å². The van der Waals surface area contributed by atoms with Crippen molar-refractivity contribution in [3.8, 4) is 0 Å². The van der Waals surface area contributed by atoms with E-state index in [4.69, 9.17) is 0 Å². The van der Waals surface area contributed by atoms with E-state index in [1.54, 1.807) is 6.07 Å². The Morgan fingerprint density at radius 3 is 2.42 bits per heavy atom. The molecule has 0 saturated carbocycles. The van der Waals surface area contributed by atoms with Crippen LogP contribution in [-0.2, 0) is 6.18 Å². The molecule has 4 heteroatoms. The molecule has 0 nitrogen and oxygen atoms in total. The third kappa shape index (κ3) is 2.36. The molecule has 0 unspecified atom stereocenters. The minimum atomic E-state index is -4.20. The summed E-state index contributed by atoms with van der Waals surface area (Å²) in [6.45, 7) is 0. The zero-order chi connectivity index (χ0) is 9.19. The van der Waals surface area contributed by atoms with Gasteiger partial charge in [0.25, 0.3) is 0 Å². The van der Waals surface area contributed by atoms with Gasteiger partial charge in [-0.1, -0.05) is 0 Å². The topological polar surface area (TPSA) is 0 Å². The van der Waals surface area contributed by atoms with E-state index in [2.05, 4.69) is 0 Å². The van der Waals surface area contributed by atoms with Gasteiger partial charge >= 0.3 is 78.9 Å². The van der Waals surface area contributed by atoms with Crippen molar-refractivity contribution in [2.24, 2.45) is 0 Å². The molecule has 0 saturated heterocycles. The van der Waals surface area contributed by atoms with E-state index in [9.17, 15) is 13.2 Å². The molecule has 0 atom stereocenters. The van der Waals surface area contributed by atoms with E-state index < -0.39 is 11.7 Å². The van der Waals surface area contributed by atoms with Crippen LogP contribution in [-0.4, -0.2) is 4.93 Å². The Morgan fingerprint density at radius 1 is 1.25 bits per heavy atom. The van der Waals surface area contributed by atoms with Gasteiger partial charge in [-0.25, -0.2) is 0 Å². The van der Waals surface area contributed by atoms with E-state index in [0.29, 0.717) is 0 Å². The van der Waals surface area contributed by atoms with E-state index in [1.165, 1.54) is 12.1 Å². The first kappa shape index (κ1) is 9.83. The second-order valence-corrected chi connectivity index (χ2v) is 4.52. The molecule has 0 fully saturated rings. The maximum absolute atomic E-state index is 12.1. The molecule has 68 valence electrons. The molecular weight excluding hydrogens is 280 g/mol. The molecule has 0 N–H and O–H groups in total. The van der Waals surface area contributed by atoms with Crippen LogP contribution < -0.4 is 21.2 Å². The van der Waals surface area contributed by atoms with Crippen LogP contribution in [0.3, 0.4) is 0 Å². The van der Waals surface area contributed by atoms with E-state index in [1.807, 2.05) is 4.93 Å². The number of alkyl halides is 4. The molecule has 0 aliphatic rings. The Morgan fingerprint density at radius 2 is 1.92 bits per heavy atom. The molecule has 0 amide bonds. The molecule has 0 aliphatic carbocycles. The fraction of sp³-hybridized carbons (Fsp3) is 0.250. The summed E-state index contributed by atoms with van der Waals surface area (Å²) < 4.78 is 37.2. The van der Waals surface area contributed by atoms with Crippen LogP contribution >= 0.6 is 0 Å². The van der Waals surface area contributed by atoms with Crippen molar-refractivity contribution in [2.45, 2.75) is 6.18 Å². The predicted molar refractivity (Wildman–Crippen MR) is 36.1 cm³/mol. The van der Waals surface area contributed by atoms with Gasteiger partial charge in [-0.05, 0) is 0 Å². The number of benzene rings is 1. The molecule has 1 aromatic carbocycles. The van der Waals surface area contributed by atoms with Crippen LogP contribution in [0.15, 0.2) is 24.3 Å². The number of halogens is 4. The molecular formula is C8H7F3I-. The molecule has 1 aromatic rings. The fourth-order valence-electron chi connectivity index (χ4n) is 0.782. The summed E-state index contributed by atoms with van der Waals surface area (Å²) in [5, 5.41) is 0. The second-order valence-electron chi connectivity index (χ2n) is 2.20. The third-order valence-corrected chi connectivity index (χ3v) is 3.29. The van der Waals surface area contributed by atoms with Crippen molar-refractivity contribution >= 4 is 0 Å². The van der Waals surface area contributed by atoms with Gasteiger partial charge in [0.15, 0.2) is 0 Å². The van der Waals surface area contributed by atoms with Gasteiger partial charge in [0.2, 0.25) is 0 Å². The first-order valence-corrected chi connectivity index (χ1v) is 6.44. The molecule has 0 aliphatic heterocycles. The number of rotatable bonds is 1. The Bertz CT molecular complexity index is 267. The van der Waals surface area contributed by atoms with Crippen molar-refractivity contribution in [3.63, 3.8) is 0 Å². The van der Waals surface area contributed by atoms with Crippen LogP contribution in [0.25, 0.3) is 0 Å². The first-order chi connectivity index (χ1) is 5.54. The predicted octanol–water partition coefficient (Wildman–Crippen LogP) is -0.406. The van der Waals surface area contributed by atoms with Gasteiger partial charge in [0, 0.05) is 0 Å². The molecule has 0 heterocycles. The SMILES string of the molecule is C[I-]c1cccc(C(F)(F)F)c1. The second kappa shape index (κ2) is 3.64. The molecule has 12 heavy (non-hydrogen) atoms.